The molecule has 0 aliphatic carbocycles. The average molecular weight is 304 g/mol. The highest BCUT2D eigenvalue weighted by molar-refractivity contribution is 9.09. The molecule has 2 aromatic rings. The van der Waals surface area contributed by atoms with Crippen LogP contribution in [0.25, 0.3) is 11.0 Å². The third kappa shape index (κ3) is 1.65. The van der Waals surface area contributed by atoms with Gasteiger partial charge in [-0.15, -0.1) is 0 Å². The minimum Gasteiger partial charge on any atom is -0.345 e. The third-order valence-electron chi connectivity index (χ3n) is 2.03. The van der Waals surface area contributed by atoms with Gasteiger partial charge < -0.3 is 4.98 Å². The van der Waals surface area contributed by atoms with E-state index in [1.165, 1.54) is 11.1 Å². The lowest BCUT2D eigenvalue weighted by molar-refractivity contribution is 1.31. The molecule has 1 aromatic heterocycles. The molecule has 0 bridgehead atoms. The largest absolute Gasteiger partial charge is 0.345 e. The Balaban J connectivity index is 2.67. The summed E-state index contributed by atoms with van der Waals surface area (Å²) < 4.78 is 0. The van der Waals surface area contributed by atoms with Crippen molar-refractivity contribution in [3.63, 3.8) is 0 Å². The standard InChI is InChI=1S/C9H8Br2N2/c10-3-6-1-8-9(13-5-12-8)2-7(6)4-11/h1-2,5H,3-4H2,(H,12,13). The van der Waals surface area contributed by atoms with Crippen molar-refractivity contribution in [3.8, 4) is 0 Å². The molecule has 0 fully saturated rings. The van der Waals surface area contributed by atoms with Crippen LogP contribution in [0.4, 0.5) is 0 Å². The number of rotatable bonds is 2. The predicted octanol–water partition coefficient (Wildman–Crippen LogP) is 3.35. The number of imidazole rings is 1. The normalized spacial score (nSPS) is 10.9. The highest BCUT2D eigenvalue weighted by atomic mass is 79.9. The highest BCUT2D eigenvalue weighted by Gasteiger charge is 2.04. The number of nitrogens with zero attached hydrogens (tertiary/aromatic N) is 1. The maximum atomic E-state index is 4.21. The van der Waals surface area contributed by atoms with Crippen LogP contribution in [0.1, 0.15) is 11.1 Å². The number of alkyl halides is 2. The SMILES string of the molecule is BrCc1cc2nc[nH]c2cc1CBr. The molecular formula is C9H8Br2N2. The summed E-state index contributed by atoms with van der Waals surface area (Å²) in [5.74, 6) is 0. The number of aromatic nitrogens is 2. The molecule has 4 heteroatoms. The van der Waals surface area contributed by atoms with Gasteiger partial charge in [0.25, 0.3) is 0 Å². The molecule has 0 saturated heterocycles. The monoisotopic (exact) mass is 302 g/mol. The van der Waals surface area contributed by atoms with E-state index in [1.54, 1.807) is 6.33 Å². The lowest BCUT2D eigenvalue weighted by atomic mass is 10.1. The molecule has 0 aliphatic rings. The van der Waals surface area contributed by atoms with Crippen LogP contribution >= 0.6 is 31.9 Å². The molecule has 0 unspecified atom stereocenters. The fourth-order valence-electron chi connectivity index (χ4n) is 1.32. The van der Waals surface area contributed by atoms with Gasteiger partial charge in [-0.2, -0.15) is 0 Å². The fraction of sp³-hybridized carbons (Fsp3) is 0.222. The van der Waals surface area contributed by atoms with Gasteiger partial charge in [0, 0.05) is 10.7 Å². The second-order valence-electron chi connectivity index (χ2n) is 2.81. The van der Waals surface area contributed by atoms with E-state index in [9.17, 15) is 0 Å². The van der Waals surface area contributed by atoms with Crippen LogP contribution in [0.2, 0.25) is 0 Å². The molecule has 68 valence electrons. The van der Waals surface area contributed by atoms with Crippen molar-refractivity contribution in [2.45, 2.75) is 10.7 Å². The number of benzene rings is 1. The van der Waals surface area contributed by atoms with Crippen LogP contribution in [0.15, 0.2) is 18.5 Å². The number of hydrogen-bond acceptors (Lipinski definition) is 1. The summed E-state index contributed by atoms with van der Waals surface area (Å²) in [5, 5.41) is 1.75. The third-order valence-corrected chi connectivity index (χ3v) is 3.24. The Morgan fingerprint density at radius 1 is 1.15 bits per heavy atom. The number of fused-ring (bicyclic) bond motifs is 1. The van der Waals surface area contributed by atoms with Crippen molar-refractivity contribution in [1.82, 2.24) is 9.97 Å². The molecule has 2 nitrogen and oxygen atoms in total. The van der Waals surface area contributed by atoms with Gasteiger partial charge in [0.15, 0.2) is 0 Å². The van der Waals surface area contributed by atoms with E-state index < -0.39 is 0 Å². The second-order valence-corrected chi connectivity index (χ2v) is 3.93. The summed E-state index contributed by atoms with van der Waals surface area (Å²) >= 11 is 6.93. The van der Waals surface area contributed by atoms with E-state index >= 15 is 0 Å². The first kappa shape index (κ1) is 9.21. The van der Waals surface area contributed by atoms with Gasteiger partial charge in [0.1, 0.15) is 0 Å². The average Bonchev–Trinajstić information content (AvgIpc) is 2.62. The smallest absolute Gasteiger partial charge is 0.0931 e. The topological polar surface area (TPSA) is 28.7 Å². The van der Waals surface area contributed by atoms with Crippen molar-refractivity contribution in [1.29, 1.82) is 0 Å². The summed E-state index contributed by atoms with van der Waals surface area (Å²) in [4.78, 5) is 7.31. The van der Waals surface area contributed by atoms with Crippen LogP contribution in [0.5, 0.6) is 0 Å². The number of hydrogen-bond donors (Lipinski definition) is 1. The Morgan fingerprint density at radius 3 is 2.54 bits per heavy atom. The fourth-order valence-corrected chi connectivity index (χ4v) is 2.36. The van der Waals surface area contributed by atoms with Crippen LogP contribution in [0, 0.1) is 0 Å². The molecule has 1 heterocycles. The first-order chi connectivity index (χ1) is 6.35. The van der Waals surface area contributed by atoms with Gasteiger partial charge in [0.05, 0.1) is 17.4 Å². The number of nitrogens with one attached hydrogen (secondary N) is 1. The first-order valence-corrected chi connectivity index (χ1v) is 6.16. The van der Waals surface area contributed by atoms with Gasteiger partial charge in [-0.25, -0.2) is 4.98 Å². The molecule has 0 saturated carbocycles. The second kappa shape index (κ2) is 3.80. The zero-order valence-electron chi connectivity index (χ0n) is 6.85. The van der Waals surface area contributed by atoms with E-state index in [0.29, 0.717) is 0 Å². The Labute approximate surface area is 93.0 Å². The quantitative estimate of drug-likeness (QED) is 0.847. The maximum Gasteiger partial charge on any atom is 0.0931 e. The summed E-state index contributed by atoms with van der Waals surface area (Å²) in [6.45, 7) is 0. The van der Waals surface area contributed by atoms with Crippen LogP contribution in [-0.2, 0) is 10.7 Å². The van der Waals surface area contributed by atoms with Gasteiger partial charge in [-0.3, -0.25) is 0 Å². The summed E-state index contributed by atoms with van der Waals surface area (Å²) in [5.41, 5.74) is 4.71. The molecular weight excluding hydrogens is 296 g/mol. The van der Waals surface area contributed by atoms with E-state index in [0.717, 1.165) is 21.7 Å². The summed E-state index contributed by atoms with van der Waals surface area (Å²) in [6, 6.07) is 4.24. The maximum absolute atomic E-state index is 4.21. The molecule has 1 aromatic carbocycles. The van der Waals surface area contributed by atoms with E-state index in [2.05, 4.69) is 54.0 Å². The molecule has 2 rings (SSSR count). The van der Waals surface area contributed by atoms with Crippen LogP contribution in [0.3, 0.4) is 0 Å². The minimum atomic E-state index is 0.872. The zero-order valence-corrected chi connectivity index (χ0v) is 10.0. The van der Waals surface area contributed by atoms with E-state index in [1.807, 2.05) is 0 Å². The molecule has 0 spiro atoms. The van der Waals surface area contributed by atoms with Crippen LogP contribution in [-0.4, -0.2) is 9.97 Å². The van der Waals surface area contributed by atoms with Crippen molar-refractivity contribution in [2.75, 3.05) is 0 Å². The molecule has 13 heavy (non-hydrogen) atoms. The van der Waals surface area contributed by atoms with Crippen molar-refractivity contribution >= 4 is 42.9 Å². The Kier molecular flexibility index (Phi) is 2.69. The van der Waals surface area contributed by atoms with Crippen molar-refractivity contribution in [2.24, 2.45) is 0 Å². The molecule has 0 atom stereocenters. The molecule has 0 aliphatic heterocycles. The first-order valence-electron chi connectivity index (χ1n) is 3.92. The molecule has 0 amide bonds. The number of halogens is 2. The lowest BCUT2D eigenvalue weighted by Crippen LogP contribution is -1.87. The van der Waals surface area contributed by atoms with E-state index in [4.69, 9.17) is 0 Å². The van der Waals surface area contributed by atoms with E-state index in [-0.39, 0.29) is 0 Å². The lowest BCUT2D eigenvalue weighted by Gasteiger charge is -2.03. The zero-order chi connectivity index (χ0) is 9.26. The minimum absolute atomic E-state index is 0.872. The number of aromatic amines is 1. The van der Waals surface area contributed by atoms with Gasteiger partial charge in [0.2, 0.25) is 0 Å². The molecule has 0 radical (unpaired) electrons. The Bertz CT molecular complexity index is 384. The van der Waals surface area contributed by atoms with Crippen molar-refractivity contribution in [3.05, 3.63) is 29.6 Å². The number of H-pyrrole nitrogens is 1. The van der Waals surface area contributed by atoms with Gasteiger partial charge in [-0.1, -0.05) is 31.9 Å². The highest BCUT2D eigenvalue weighted by Crippen LogP contribution is 2.21. The Morgan fingerprint density at radius 2 is 1.85 bits per heavy atom. The van der Waals surface area contributed by atoms with Gasteiger partial charge >= 0.3 is 0 Å². The van der Waals surface area contributed by atoms with Gasteiger partial charge in [-0.05, 0) is 23.3 Å². The summed E-state index contributed by atoms with van der Waals surface area (Å²) in [6.07, 6.45) is 1.72. The predicted molar refractivity (Wildman–Crippen MR) is 61.4 cm³/mol. The Hall–Kier alpha value is -0.350. The van der Waals surface area contributed by atoms with Crippen LogP contribution < -0.4 is 0 Å². The molecule has 1 N–H and O–H groups in total. The van der Waals surface area contributed by atoms with Crippen molar-refractivity contribution < 1.29 is 0 Å². The summed E-state index contributed by atoms with van der Waals surface area (Å²) in [7, 11) is 0.